The van der Waals surface area contributed by atoms with E-state index in [0.29, 0.717) is 12.6 Å². The minimum atomic E-state index is -3.14. The molecule has 1 aromatic rings. The van der Waals surface area contributed by atoms with Crippen LogP contribution in [-0.2, 0) is 16.4 Å². The quantitative estimate of drug-likeness (QED) is 0.768. The minimum Gasteiger partial charge on any atom is -0.297 e. The highest BCUT2D eigenvalue weighted by atomic mass is 32.2. The van der Waals surface area contributed by atoms with E-state index in [0.717, 1.165) is 32.4 Å². The molecule has 0 spiro atoms. The van der Waals surface area contributed by atoms with Crippen molar-refractivity contribution in [2.24, 2.45) is 0 Å². The van der Waals surface area contributed by atoms with Crippen molar-refractivity contribution in [3.8, 4) is 0 Å². The summed E-state index contributed by atoms with van der Waals surface area (Å²) in [6, 6.07) is 11.1. The van der Waals surface area contributed by atoms with Gasteiger partial charge in [-0.05, 0) is 31.2 Å². The molecule has 1 aliphatic heterocycles. The summed E-state index contributed by atoms with van der Waals surface area (Å²) in [5, 5.41) is 0. The highest BCUT2D eigenvalue weighted by molar-refractivity contribution is 7.89. The third kappa shape index (κ3) is 4.34. The number of sulfonamides is 1. The Hall–Kier alpha value is -0.910. The fourth-order valence-electron chi connectivity index (χ4n) is 3.50. The summed E-state index contributed by atoms with van der Waals surface area (Å²) in [6.07, 6.45) is 5.05. The van der Waals surface area contributed by atoms with E-state index in [-0.39, 0.29) is 11.8 Å². The molecule has 23 heavy (non-hydrogen) atoms. The van der Waals surface area contributed by atoms with Crippen molar-refractivity contribution in [1.82, 2.24) is 9.21 Å². The molecule has 0 amide bonds. The molecule has 4 nitrogen and oxygen atoms in total. The van der Waals surface area contributed by atoms with Crippen LogP contribution in [0.5, 0.6) is 0 Å². The van der Waals surface area contributed by atoms with Crippen LogP contribution in [0.15, 0.2) is 30.3 Å². The Kier molecular flexibility index (Phi) is 5.39. The van der Waals surface area contributed by atoms with Gasteiger partial charge in [0.15, 0.2) is 0 Å². The molecule has 2 fully saturated rings. The molecular formula is C18H28N2O2S. The number of nitrogens with zero attached hydrogens (tertiary/aromatic N) is 2. The Labute approximate surface area is 140 Å². The zero-order chi connectivity index (χ0) is 16.3. The average molecular weight is 337 g/mol. The van der Waals surface area contributed by atoms with Crippen molar-refractivity contribution in [2.45, 2.75) is 51.1 Å². The molecule has 2 aliphatic rings. The lowest BCUT2D eigenvalue weighted by atomic mass is 10.0. The lowest BCUT2D eigenvalue weighted by Crippen LogP contribution is -2.56. The van der Waals surface area contributed by atoms with Gasteiger partial charge in [0.2, 0.25) is 10.0 Å². The number of benzene rings is 1. The van der Waals surface area contributed by atoms with Crippen LogP contribution in [-0.4, -0.2) is 55.1 Å². The summed E-state index contributed by atoms with van der Waals surface area (Å²) >= 11 is 0. The number of unbranched alkanes of at least 4 members (excludes halogenated alkanes) is 1. The van der Waals surface area contributed by atoms with Gasteiger partial charge in [-0.3, -0.25) is 4.90 Å². The van der Waals surface area contributed by atoms with Crippen molar-refractivity contribution in [3.05, 3.63) is 35.9 Å². The number of hydrogen-bond acceptors (Lipinski definition) is 3. The van der Waals surface area contributed by atoms with Gasteiger partial charge in [-0.15, -0.1) is 0 Å². The van der Waals surface area contributed by atoms with Gasteiger partial charge in [-0.2, -0.15) is 4.31 Å². The fraction of sp³-hybridized carbons (Fsp3) is 0.667. The molecular weight excluding hydrogens is 308 g/mol. The first-order chi connectivity index (χ1) is 11.1. The summed E-state index contributed by atoms with van der Waals surface area (Å²) in [4.78, 5) is 2.50. The van der Waals surface area contributed by atoms with Gasteiger partial charge in [0.1, 0.15) is 0 Å². The van der Waals surface area contributed by atoms with Crippen molar-refractivity contribution < 1.29 is 8.42 Å². The van der Waals surface area contributed by atoms with E-state index in [9.17, 15) is 8.42 Å². The largest absolute Gasteiger partial charge is 0.297 e. The van der Waals surface area contributed by atoms with E-state index in [1.54, 1.807) is 4.31 Å². The maximum Gasteiger partial charge on any atom is 0.214 e. The standard InChI is InChI=1S/C18H28N2O2S/c1-2-3-13-23(21,22)20-12-11-19(17-9-10-17)15-18(20)14-16-7-5-4-6-8-16/h4-8,17-18H,2-3,9-15H2,1H3. The van der Waals surface area contributed by atoms with Gasteiger partial charge in [-0.1, -0.05) is 43.7 Å². The van der Waals surface area contributed by atoms with Crippen molar-refractivity contribution >= 4 is 10.0 Å². The second-order valence-electron chi connectivity index (χ2n) is 6.85. The maximum absolute atomic E-state index is 12.7. The average Bonchev–Trinajstić information content (AvgIpc) is 3.39. The van der Waals surface area contributed by atoms with Crippen LogP contribution in [0.1, 0.15) is 38.2 Å². The summed E-state index contributed by atoms with van der Waals surface area (Å²) in [7, 11) is -3.14. The monoisotopic (exact) mass is 336 g/mol. The molecule has 0 bridgehead atoms. The Balaban J connectivity index is 1.75. The number of rotatable bonds is 7. The molecule has 1 aromatic carbocycles. The number of hydrogen-bond donors (Lipinski definition) is 0. The third-order valence-electron chi connectivity index (χ3n) is 4.95. The molecule has 0 N–H and O–H groups in total. The molecule has 1 atom stereocenters. The Morgan fingerprint density at radius 1 is 1.13 bits per heavy atom. The highest BCUT2D eigenvalue weighted by Crippen LogP contribution is 2.30. The molecule has 1 aliphatic carbocycles. The first kappa shape index (κ1) is 16.9. The van der Waals surface area contributed by atoms with Crippen LogP contribution in [0.2, 0.25) is 0 Å². The summed E-state index contributed by atoms with van der Waals surface area (Å²) in [5.41, 5.74) is 1.23. The third-order valence-corrected chi connectivity index (χ3v) is 6.95. The van der Waals surface area contributed by atoms with Crippen LogP contribution in [0.25, 0.3) is 0 Å². The summed E-state index contributed by atoms with van der Waals surface area (Å²) < 4.78 is 27.3. The van der Waals surface area contributed by atoms with E-state index < -0.39 is 10.0 Å². The second kappa shape index (κ2) is 7.32. The predicted octanol–water partition coefficient (Wildman–Crippen LogP) is 2.51. The maximum atomic E-state index is 12.7. The Morgan fingerprint density at radius 3 is 2.52 bits per heavy atom. The lowest BCUT2D eigenvalue weighted by molar-refractivity contribution is 0.128. The molecule has 3 rings (SSSR count). The minimum absolute atomic E-state index is 0.0774. The van der Waals surface area contributed by atoms with Gasteiger partial charge >= 0.3 is 0 Å². The molecule has 0 aromatic heterocycles. The fourth-order valence-corrected chi connectivity index (χ4v) is 5.34. The van der Waals surface area contributed by atoms with Gasteiger partial charge in [0, 0.05) is 31.7 Å². The molecule has 1 saturated heterocycles. The Morgan fingerprint density at radius 2 is 1.87 bits per heavy atom. The molecule has 1 heterocycles. The zero-order valence-corrected chi connectivity index (χ0v) is 14.8. The second-order valence-corrected chi connectivity index (χ2v) is 8.89. The number of piperazine rings is 1. The topological polar surface area (TPSA) is 40.6 Å². The first-order valence-corrected chi connectivity index (χ1v) is 10.5. The van der Waals surface area contributed by atoms with Crippen molar-refractivity contribution in [2.75, 3.05) is 25.4 Å². The van der Waals surface area contributed by atoms with Crippen molar-refractivity contribution in [3.63, 3.8) is 0 Å². The summed E-state index contributed by atoms with van der Waals surface area (Å²) in [6.45, 7) is 4.47. The van der Waals surface area contributed by atoms with Gasteiger partial charge in [-0.25, -0.2) is 8.42 Å². The molecule has 1 unspecified atom stereocenters. The van der Waals surface area contributed by atoms with Gasteiger partial charge in [0.25, 0.3) is 0 Å². The summed E-state index contributed by atoms with van der Waals surface area (Å²) in [5.74, 6) is 0.290. The van der Waals surface area contributed by atoms with E-state index in [4.69, 9.17) is 0 Å². The smallest absolute Gasteiger partial charge is 0.214 e. The normalized spacial score (nSPS) is 24.0. The van der Waals surface area contributed by atoms with E-state index in [1.165, 1.54) is 18.4 Å². The van der Waals surface area contributed by atoms with Crippen LogP contribution in [0, 0.1) is 0 Å². The van der Waals surface area contributed by atoms with Crippen LogP contribution >= 0.6 is 0 Å². The van der Waals surface area contributed by atoms with Crippen LogP contribution < -0.4 is 0 Å². The van der Waals surface area contributed by atoms with Gasteiger partial charge < -0.3 is 0 Å². The van der Waals surface area contributed by atoms with Gasteiger partial charge in [0.05, 0.1) is 5.75 Å². The predicted molar refractivity (Wildman–Crippen MR) is 93.9 cm³/mol. The van der Waals surface area contributed by atoms with E-state index in [1.807, 2.05) is 25.1 Å². The lowest BCUT2D eigenvalue weighted by Gasteiger charge is -2.41. The van der Waals surface area contributed by atoms with Crippen LogP contribution in [0.3, 0.4) is 0 Å². The zero-order valence-electron chi connectivity index (χ0n) is 14.0. The Bertz CT molecular complexity index is 599. The van der Waals surface area contributed by atoms with E-state index in [2.05, 4.69) is 17.0 Å². The molecule has 5 heteroatoms. The molecule has 0 radical (unpaired) electrons. The SMILES string of the molecule is CCCCS(=O)(=O)N1CCN(C2CC2)CC1Cc1ccccc1. The molecule has 1 saturated carbocycles. The van der Waals surface area contributed by atoms with Crippen molar-refractivity contribution in [1.29, 1.82) is 0 Å². The van der Waals surface area contributed by atoms with Crippen LogP contribution in [0.4, 0.5) is 0 Å². The molecule has 128 valence electrons. The first-order valence-electron chi connectivity index (χ1n) is 8.87. The highest BCUT2D eigenvalue weighted by Gasteiger charge is 2.39. The van der Waals surface area contributed by atoms with E-state index >= 15 is 0 Å².